The Balaban J connectivity index is 1.22. The van der Waals surface area contributed by atoms with Gasteiger partial charge >= 0.3 is 0 Å². The minimum Gasteiger partial charge on any atom is -0.482 e. The summed E-state index contributed by atoms with van der Waals surface area (Å²) in [5.74, 6) is 6.05. The molecule has 0 bridgehead atoms. The fourth-order valence-electron chi connectivity index (χ4n) is 9.95. The molecular formula is C37H56O2S. The Hall–Kier alpha value is -1.22. The van der Waals surface area contributed by atoms with Crippen LogP contribution in [0.25, 0.3) is 0 Å². The topological polar surface area (TPSA) is 26.3 Å². The lowest BCUT2D eigenvalue weighted by molar-refractivity contribution is -0.117. The minimum atomic E-state index is -0.357. The third-order valence-corrected chi connectivity index (χ3v) is 13.4. The number of allylic oxidation sites excluding steroid dienone is 2. The predicted molar refractivity (Wildman–Crippen MR) is 171 cm³/mol. The molecule has 0 N–H and O–H groups in total. The van der Waals surface area contributed by atoms with Crippen molar-refractivity contribution in [3.8, 4) is 5.75 Å². The number of carbonyl (C=O) groups excluding carboxylic acids is 1. The van der Waals surface area contributed by atoms with Gasteiger partial charge in [0.1, 0.15) is 5.75 Å². The van der Waals surface area contributed by atoms with Gasteiger partial charge in [-0.2, -0.15) is 0 Å². The number of ether oxygens (including phenoxy) is 1. The fourth-order valence-corrected chi connectivity index (χ4v) is 11.1. The quantitative estimate of drug-likeness (QED) is 0.264. The van der Waals surface area contributed by atoms with Crippen LogP contribution in [0.2, 0.25) is 0 Å². The van der Waals surface area contributed by atoms with Crippen LogP contribution in [0, 0.1) is 46.3 Å². The molecular weight excluding hydrogens is 508 g/mol. The van der Waals surface area contributed by atoms with E-state index >= 15 is 0 Å². The van der Waals surface area contributed by atoms with Crippen molar-refractivity contribution in [2.75, 3.05) is 0 Å². The lowest BCUT2D eigenvalue weighted by Crippen LogP contribution is -2.50. The summed E-state index contributed by atoms with van der Waals surface area (Å²) >= 11 is 1.58. The highest BCUT2D eigenvalue weighted by Crippen LogP contribution is 2.67. The SMILES string of the molecule is CCC(Oc1ccccc1)C(=O)SC1CCC2(C)C(=CCC3C2CCC2(C)C(C(C)CCCC(C)C)CCC32)C1. The molecule has 4 aliphatic rings. The number of fused-ring (bicyclic) bond motifs is 5. The Labute approximate surface area is 249 Å². The van der Waals surface area contributed by atoms with E-state index in [0.29, 0.717) is 16.1 Å². The number of thioether (sulfide) groups is 1. The summed E-state index contributed by atoms with van der Waals surface area (Å²) < 4.78 is 6.09. The Morgan fingerprint density at radius 1 is 1.00 bits per heavy atom. The summed E-state index contributed by atoms with van der Waals surface area (Å²) in [5, 5.41) is 0.607. The van der Waals surface area contributed by atoms with Gasteiger partial charge in [-0.1, -0.05) is 102 Å². The third-order valence-electron chi connectivity index (χ3n) is 12.2. The first-order valence-electron chi connectivity index (χ1n) is 16.8. The summed E-state index contributed by atoms with van der Waals surface area (Å²) in [7, 11) is 0. The van der Waals surface area contributed by atoms with E-state index in [2.05, 4.69) is 47.6 Å². The molecule has 5 rings (SSSR count). The number of rotatable bonds is 10. The minimum absolute atomic E-state index is 0.210. The van der Waals surface area contributed by atoms with Gasteiger partial charge in [0.25, 0.3) is 0 Å². The van der Waals surface area contributed by atoms with Crippen molar-refractivity contribution in [3.63, 3.8) is 0 Å². The molecule has 0 radical (unpaired) electrons. The van der Waals surface area contributed by atoms with Gasteiger partial charge in [0.15, 0.2) is 6.10 Å². The normalized spacial score (nSPS) is 36.7. The van der Waals surface area contributed by atoms with E-state index in [1.807, 2.05) is 30.3 Å². The number of carbonyl (C=O) groups is 1. The van der Waals surface area contributed by atoms with Crippen molar-refractivity contribution in [3.05, 3.63) is 42.0 Å². The zero-order chi connectivity index (χ0) is 28.5. The second kappa shape index (κ2) is 12.6. The van der Waals surface area contributed by atoms with Crippen LogP contribution >= 0.6 is 11.8 Å². The Kier molecular flexibility index (Phi) is 9.50. The Morgan fingerprint density at radius 3 is 2.50 bits per heavy atom. The molecule has 40 heavy (non-hydrogen) atoms. The van der Waals surface area contributed by atoms with Crippen LogP contribution in [-0.2, 0) is 4.79 Å². The van der Waals surface area contributed by atoms with Crippen LogP contribution in [-0.4, -0.2) is 16.5 Å². The molecule has 9 unspecified atom stereocenters. The summed E-state index contributed by atoms with van der Waals surface area (Å²) in [6.07, 6.45) is 17.8. The standard InChI is InChI=1S/C37H56O2S/c1-7-34(39-28-14-9-8-10-15-28)35(38)40-29-20-22-36(5)27(24-29)16-17-30-32-19-18-31(26(4)13-11-12-25(2)3)37(32,6)23-21-33(30)36/h8-10,14-16,25-26,29-34H,7,11-13,17-24H2,1-6H3. The zero-order valence-corrected chi connectivity index (χ0v) is 27.1. The van der Waals surface area contributed by atoms with E-state index < -0.39 is 0 Å². The van der Waals surface area contributed by atoms with E-state index in [0.717, 1.165) is 60.5 Å². The molecule has 222 valence electrons. The summed E-state index contributed by atoms with van der Waals surface area (Å²) in [6, 6.07) is 9.83. The van der Waals surface area contributed by atoms with E-state index in [4.69, 9.17) is 4.74 Å². The van der Waals surface area contributed by atoms with Crippen LogP contribution in [0.1, 0.15) is 119 Å². The van der Waals surface area contributed by atoms with Crippen LogP contribution in [0.3, 0.4) is 0 Å². The summed E-state index contributed by atoms with van der Waals surface area (Å²) in [5.41, 5.74) is 2.58. The highest BCUT2D eigenvalue weighted by atomic mass is 32.2. The van der Waals surface area contributed by atoms with E-state index in [1.165, 1.54) is 57.8 Å². The van der Waals surface area contributed by atoms with Crippen molar-refractivity contribution < 1.29 is 9.53 Å². The van der Waals surface area contributed by atoms with Crippen molar-refractivity contribution in [2.45, 2.75) is 130 Å². The van der Waals surface area contributed by atoms with Gasteiger partial charge in [-0.3, -0.25) is 4.79 Å². The molecule has 3 saturated carbocycles. The van der Waals surface area contributed by atoms with Gasteiger partial charge in [-0.15, -0.1) is 0 Å². The molecule has 9 atom stereocenters. The first-order chi connectivity index (χ1) is 19.2. The van der Waals surface area contributed by atoms with Crippen LogP contribution in [0.4, 0.5) is 0 Å². The molecule has 0 saturated heterocycles. The van der Waals surface area contributed by atoms with E-state index in [-0.39, 0.29) is 11.2 Å². The predicted octanol–water partition coefficient (Wildman–Crippen LogP) is 10.5. The molecule has 2 nitrogen and oxygen atoms in total. The van der Waals surface area contributed by atoms with E-state index in [9.17, 15) is 4.79 Å². The van der Waals surface area contributed by atoms with Gasteiger partial charge in [-0.05, 0) is 116 Å². The lowest BCUT2D eigenvalue weighted by atomic mass is 9.47. The maximum absolute atomic E-state index is 13.3. The Morgan fingerprint density at radius 2 is 1.77 bits per heavy atom. The second-order valence-corrected chi connectivity index (χ2v) is 16.2. The van der Waals surface area contributed by atoms with Gasteiger partial charge < -0.3 is 4.74 Å². The molecule has 0 aliphatic heterocycles. The molecule has 3 fully saturated rings. The van der Waals surface area contributed by atoms with Crippen molar-refractivity contribution in [1.82, 2.24) is 0 Å². The summed E-state index contributed by atoms with van der Waals surface area (Å²) in [6.45, 7) is 14.7. The van der Waals surface area contributed by atoms with Crippen LogP contribution < -0.4 is 4.74 Å². The molecule has 1 aromatic rings. The lowest BCUT2D eigenvalue weighted by Gasteiger charge is -2.58. The number of hydrogen-bond donors (Lipinski definition) is 0. The monoisotopic (exact) mass is 564 g/mol. The fraction of sp³-hybridized carbons (Fsp3) is 0.757. The maximum atomic E-state index is 13.3. The number of hydrogen-bond acceptors (Lipinski definition) is 3. The molecule has 0 aromatic heterocycles. The number of para-hydroxylation sites is 1. The summed E-state index contributed by atoms with van der Waals surface area (Å²) in [4.78, 5) is 13.3. The van der Waals surface area contributed by atoms with Gasteiger partial charge in [-0.25, -0.2) is 0 Å². The molecule has 1 aromatic carbocycles. The van der Waals surface area contributed by atoms with Gasteiger partial charge in [0.05, 0.1) is 0 Å². The molecule has 0 heterocycles. The number of benzene rings is 1. The molecule has 0 spiro atoms. The third kappa shape index (κ3) is 5.97. The highest BCUT2D eigenvalue weighted by molar-refractivity contribution is 8.14. The molecule has 4 aliphatic carbocycles. The first kappa shape index (κ1) is 30.2. The smallest absolute Gasteiger partial charge is 0.229 e. The van der Waals surface area contributed by atoms with Crippen molar-refractivity contribution in [1.29, 1.82) is 0 Å². The zero-order valence-electron chi connectivity index (χ0n) is 26.3. The van der Waals surface area contributed by atoms with Crippen molar-refractivity contribution >= 4 is 16.9 Å². The maximum Gasteiger partial charge on any atom is 0.229 e. The van der Waals surface area contributed by atoms with Gasteiger partial charge in [0, 0.05) is 5.25 Å². The largest absolute Gasteiger partial charge is 0.482 e. The average molecular weight is 565 g/mol. The average Bonchev–Trinajstić information content (AvgIpc) is 3.29. The van der Waals surface area contributed by atoms with Crippen LogP contribution in [0.5, 0.6) is 5.75 Å². The Bertz CT molecular complexity index is 1030. The second-order valence-electron chi connectivity index (χ2n) is 14.9. The first-order valence-corrected chi connectivity index (χ1v) is 17.6. The van der Waals surface area contributed by atoms with Crippen molar-refractivity contribution in [2.24, 2.45) is 46.3 Å². The highest BCUT2D eigenvalue weighted by Gasteiger charge is 2.59. The van der Waals surface area contributed by atoms with Gasteiger partial charge in [0.2, 0.25) is 5.12 Å². The van der Waals surface area contributed by atoms with Crippen LogP contribution in [0.15, 0.2) is 42.0 Å². The molecule has 3 heteroatoms. The molecule has 0 amide bonds. The van der Waals surface area contributed by atoms with E-state index in [1.54, 1.807) is 17.3 Å².